The predicted octanol–water partition coefficient (Wildman–Crippen LogP) is 2.89. The summed E-state index contributed by atoms with van der Waals surface area (Å²) >= 11 is 1.50. The van der Waals surface area contributed by atoms with Crippen molar-refractivity contribution in [3.8, 4) is 0 Å². The molecule has 0 aromatic carbocycles. The standard InChI is InChI=1S/C20H28N6O3S/c1-19(2,3)29-18(27)26-8-6-25(7-9-26)14-13-12(15-24-20(4,5)11-28-15)10-30-16(13)23-17(21)22-14/h10H,6-9,11H2,1-5H3,(H2,21,22,23). The van der Waals surface area contributed by atoms with E-state index in [2.05, 4.69) is 14.9 Å². The molecule has 2 aromatic rings. The number of hydrogen-bond acceptors (Lipinski definition) is 9. The molecular weight excluding hydrogens is 404 g/mol. The van der Waals surface area contributed by atoms with Gasteiger partial charge in [-0.1, -0.05) is 0 Å². The number of carbonyl (C=O) groups is 1. The monoisotopic (exact) mass is 432 g/mol. The molecule has 0 saturated carbocycles. The highest BCUT2D eigenvalue weighted by Gasteiger charge is 2.32. The van der Waals surface area contributed by atoms with Gasteiger partial charge in [0.25, 0.3) is 0 Å². The quantitative estimate of drug-likeness (QED) is 0.778. The van der Waals surface area contributed by atoms with Gasteiger partial charge in [0.05, 0.1) is 16.5 Å². The van der Waals surface area contributed by atoms with Crippen LogP contribution in [-0.4, -0.2) is 70.8 Å². The van der Waals surface area contributed by atoms with Gasteiger partial charge in [0.1, 0.15) is 22.9 Å². The molecule has 0 atom stereocenters. The molecule has 9 nitrogen and oxygen atoms in total. The van der Waals surface area contributed by atoms with Crippen LogP contribution in [0.2, 0.25) is 0 Å². The smallest absolute Gasteiger partial charge is 0.410 e. The maximum Gasteiger partial charge on any atom is 0.410 e. The van der Waals surface area contributed by atoms with E-state index in [-0.39, 0.29) is 17.6 Å². The average molecular weight is 433 g/mol. The molecule has 2 aliphatic heterocycles. The average Bonchev–Trinajstić information content (AvgIpc) is 3.22. The predicted molar refractivity (Wildman–Crippen MR) is 118 cm³/mol. The number of rotatable bonds is 2. The number of nitrogens with zero attached hydrogens (tertiary/aromatic N) is 5. The lowest BCUT2D eigenvalue weighted by Crippen LogP contribution is -2.50. The summed E-state index contributed by atoms with van der Waals surface area (Å²) in [5.74, 6) is 1.61. The van der Waals surface area contributed by atoms with Crippen LogP contribution in [0.5, 0.6) is 0 Å². The molecule has 2 N–H and O–H groups in total. The van der Waals surface area contributed by atoms with Crippen LogP contribution in [0.15, 0.2) is 10.4 Å². The number of ether oxygens (including phenoxy) is 2. The summed E-state index contributed by atoms with van der Waals surface area (Å²) in [6.45, 7) is 12.6. The van der Waals surface area contributed by atoms with Gasteiger partial charge < -0.3 is 25.0 Å². The number of nitrogens with two attached hydrogens (primary N) is 1. The molecule has 1 amide bonds. The fourth-order valence-electron chi connectivity index (χ4n) is 3.48. The van der Waals surface area contributed by atoms with Crippen molar-refractivity contribution in [1.82, 2.24) is 14.9 Å². The minimum atomic E-state index is -0.511. The molecule has 1 fully saturated rings. The maximum absolute atomic E-state index is 12.4. The van der Waals surface area contributed by atoms with Gasteiger partial charge in [0.15, 0.2) is 0 Å². The first-order valence-electron chi connectivity index (χ1n) is 10.0. The summed E-state index contributed by atoms with van der Waals surface area (Å²) in [5.41, 5.74) is 6.12. The van der Waals surface area contributed by atoms with Crippen LogP contribution in [0.3, 0.4) is 0 Å². The first-order chi connectivity index (χ1) is 14.0. The third kappa shape index (κ3) is 4.14. The zero-order valence-corrected chi connectivity index (χ0v) is 18.9. The first kappa shape index (κ1) is 20.6. The molecule has 0 aliphatic carbocycles. The summed E-state index contributed by atoms with van der Waals surface area (Å²) in [4.78, 5) is 30.7. The highest BCUT2D eigenvalue weighted by Crippen LogP contribution is 2.35. The second-order valence-electron chi connectivity index (χ2n) is 9.21. The van der Waals surface area contributed by atoms with E-state index in [1.165, 1.54) is 11.3 Å². The zero-order chi connectivity index (χ0) is 21.7. The number of amides is 1. The van der Waals surface area contributed by atoms with Crippen molar-refractivity contribution in [2.45, 2.75) is 45.8 Å². The van der Waals surface area contributed by atoms with E-state index in [1.807, 2.05) is 40.0 Å². The van der Waals surface area contributed by atoms with Crippen LogP contribution in [0.4, 0.5) is 16.6 Å². The lowest BCUT2D eigenvalue weighted by Gasteiger charge is -2.36. The van der Waals surface area contributed by atoms with Crippen LogP contribution >= 0.6 is 11.3 Å². The minimum absolute atomic E-state index is 0.232. The molecule has 2 aliphatic rings. The van der Waals surface area contributed by atoms with Crippen LogP contribution in [-0.2, 0) is 9.47 Å². The number of nitrogen functional groups attached to an aromatic ring is 1. The van der Waals surface area contributed by atoms with Crippen molar-refractivity contribution >= 4 is 45.3 Å². The second kappa shape index (κ2) is 7.26. The van der Waals surface area contributed by atoms with Crippen LogP contribution < -0.4 is 10.6 Å². The molecule has 162 valence electrons. The van der Waals surface area contributed by atoms with E-state index in [0.717, 1.165) is 21.6 Å². The maximum atomic E-state index is 12.4. The number of aliphatic imine (C=N–C) groups is 1. The minimum Gasteiger partial charge on any atom is -0.475 e. The van der Waals surface area contributed by atoms with Gasteiger partial charge in [0, 0.05) is 31.6 Å². The van der Waals surface area contributed by atoms with Gasteiger partial charge in [0.2, 0.25) is 11.8 Å². The van der Waals surface area contributed by atoms with E-state index in [4.69, 9.17) is 20.2 Å². The Hall–Kier alpha value is -2.62. The van der Waals surface area contributed by atoms with Gasteiger partial charge in [-0.3, -0.25) is 0 Å². The van der Waals surface area contributed by atoms with Crippen molar-refractivity contribution in [1.29, 1.82) is 0 Å². The van der Waals surface area contributed by atoms with Crippen molar-refractivity contribution in [2.24, 2.45) is 4.99 Å². The molecular formula is C20H28N6O3S. The van der Waals surface area contributed by atoms with E-state index in [9.17, 15) is 4.79 Å². The lowest BCUT2D eigenvalue weighted by atomic mass is 10.1. The number of aromatic nitrogens is 2. The van der Waals surface area contributed by atoms with Crippen molar-refractivity contribution < 1.29 is 14.3 Å². The van der Waals surface area contributed by atoms with Gasteiger partial charge in [-0.25, -0.2) is 14.8 Å². The summed E-state index contributed by atoms with van der Waals surface area (Å²) in [6, 6.07) is 0. The number of carbonyl (C=O) groups excluding carboxylic acids is 1. The summed E-state index contributed by atoms with van der Waals surface area (Å²) in [5, 5.41) is 2.90. The highest BCUT2D eigenvalue weighted by molar-refractivity contribution is 7.17. The fourth-order valence-corrected chi connectivity index (χ4v) is 4.39. The number of anilines is 2. The van der Waals surface area contributed by atoms with Crippen molar-refractivity contribution in [3.63, 3.8) is 0 Å². The van der Waals surface area contributed by atoms with Crippen LogP contribution in [0, 0.1) is 0 Å². The molecule has 0 unspecified atom stereocenters. The van der Waals surface area contributed by atoms with E-state index >= 15 is 0 Å². The molecule has 4 rings (SSSR count). The van der Waals surface area contributed by atoms with Crippen LogP contribution in [0.25, 0.3) is 10.2 Å². The Bertz CT molecular complexity index is 1000. The number of piperazine rings is 1. The third-order valence-corrected chi connectivity index (χ3v) is 5.73. The topological polar surface area (TPSA) is 106 Å². The Labute approximate surface area is 179 Å². The fraction of sp³-hybridized carbons (Fsp3) is 0.600. The zero-order valence-electron chi connectivity index (χ0n) is 18.1. The van der Waals surface area contributed by atoms with Gasteiger partial charge in [-0.15, -0.1) is 11.3 Å². The summed E-state index contributed by atoms with van der Waals surface area (Å²) in [7, 11) is 0. The molecule has 0 bridgehead atoms. The Morgan fingerprint density at radius 2 is 1.93 bits per heavy atom. The number of fused-ring (bicyclic) bond motifs is 1. The van der Waals surface area contributed by atoms with E-state index in [0.29, 0.717) is 38.7 Å². The number of hydrogen-bond donors (Lipinski definition) is 1. The van der Waals surface area contributed by atoms with E-state index < -0.39 is 5.60 Å². The summed E-state index contributed by atoms with van der Waals surface area (Å²) < 4.78 is 11.4. The van der Waals surface area contributed by atoms with Gasteiger partial charge in [-0.2, -0.15) is 4.98 Å². The Balaban J connectivity index is 1.61. The Kier molecular flexibility index (Phi) is 5.00. The van der Waals surface area contributed by atoms with Gasteiger partial charge >= 0.3 is 6.09 Å². The van der Waals surface area contributed by atoms with Crippen LogP contribution in [0.1, 0.15) is 40.2 Å². The molecule has 30 heavy (non-hydrogen) atoms. The largest absolute Gasteiger partial charge is 0.475 e. The van der Waals surface area contributed by atoms with E-state index in [1.54, 1.807) is 4.90 Å². The van der Waals surface area contributed by atoms with Crippen molar-refractivity contribution in [3.05, 3.63) is 10.9 Å². The highest BCUT2D eigenvalue weighted by atomic mass is 32.1. The SMILES string of the molecule is CC1(C)COC(c2csc3nc(N)nc(N4CCN(C(=O)OC(C)(C)C)CC4)c23)=N1. The summed E-state index contributed by atoms with van der Waals surface area (Å²) in [6.07, 6.45) is -0.290. The molecule has 10 heteroatoms. The number of thiophene rings is 1. The second-order valence-corrected chi connectivity index (χ2v) is 10.1. The Morgan fingerprint density at radius 3 is 2.53 bits per heavy atom. The normalized spacial score (nSPS) is 19.0. The van der Waals surface area contributed by atoms with Crippen molar-refractivity contribution in [2.75, 3.05) is 43.4 Å². The van der Waals surface area contributed by atoms with Gasteiger partial charge in [-0.05, 0) is 34.6 Å². The lowest BCUT2D eigenvalue weighted by molar-refractivity contribution is 0.0240. The molecule has 0 radical (unpaired) electrons. The molecule has 2 aromatic heterocycles. The molecule has 0 spiro atoms. The molecule has 1 saturated heterocycles. The molecule has 4 heterocycles. The third-order valence-electron chi connectivity index (χ3n) is 4.86. The Morgan fingerprint density at radius 1 is 1.23 bits per heavy atom. The first-order valence-corrected chi connectivity index (χ1v) is 10.9.